The molecule has 0 aliphatic carbocycles. The molecule has 6 aromatic rings. The smallest absolute Gasteiger partial charge is 0.200 e. The second kappa shape index (κ2) is 9.73. The number of hydrogen-bond donors (Lipinski definition) is 4. The van der Waals surface area contributed by atoms with Crippen molar-refractivity contribution in [3.05, 3.63) is 112 Å². The molecule has 0 saturated heterocycles. The van der Waals surface area contributed by atoms with Gasteiger partial charge in [0.15, 0.2) is 0 Å². The van der Waals surface area contributed by atoms with E-state index in [9.17, 15) is 9.18 Å². The molecule has 9 nitrogen and oxygen atoms in total. The minimum absolute atomic E-state index is 0.104. The predicted octanol–water partition coefficient (Wildman–Crippen LogP) is 5.75. The normalized spacial score (nSPS) is 12.1. The molecule has 0 amide bonds. The van der Waals surface area contributed by atoms with E-state index in [1.807, 2.05) is 25.1 Å². The maximum Gasteiger partial charge on any atom is 0.200 e. The first-order chi connectivity index (χ1) is 19.3. The molecular formula is C30H24FN7O2. The molecule has 1 atom stereocenters. The van der Waals surface area contributed by atoms with Crippen LogP contribution in [-0.4, -0.2) is 25.9 Å². The Morgan fingerprint density at radius 2 is 1.90 bits per heavy atom. The molecule has 198 valence electrons. The largest absolute Gasteiger partial charge is 0.458 e. The number of para-hydroxylation sites is 1. The molecular weight excluding hydrogens is 509 g/mol. The molecule has 0 radical (unpaired) electrons. The van der Waals surface area contributed by atoms with Crippen LogP contribution in [0.4, 0.5) is 16.0 Å². The highest BCUT2D eigenvalue weighted by atomic mass is 19.1. The summed E-state index contributed by atoms with van der Waals surface area (Å²) < 4.78 is 20.5. The summed E-state index contributed by atoms with van der Waals surface area (Å²) in [7, 11) is 0. The number of hydrogen-bond acceptors (Lipinski definition) is 8. The van der Waals surface area contributed by atoms with Gasteiger partial charge in [-0.1, -0.05) is 36.4 Å². The lowest BCUT2D eigenvalue weighted by Crippen LogP contribution is -2.18. The quantitative estimate of drug-likeness (QED) is 0.200. The Morgan fingerprint density at radius 3 is 2.73 bits per heavy atom. The van der Waals surface area contributed by atoms with E-state index in [0.717, 1.165) is 16.6 Å². The molecule has 0 spiro atoms. The van der Waals surface area contributed by atoms with Crippen LogP contribution in [-0.2, 0) is 0 Å². The average Bonchev–Trinajstić information content (AvgIpc) is 3.32. The van der Waals surface area contributed by atoms with Crippen molar-refractivity contribution in [2.75, 3.05) is 11.1 Å². The van der Waals surface area contributed by atoms with Crippen molar-refractivity contribution >= 4 is 39.2 Å². The second-order valence-corrected chi connectivity index (χ2v) is 9.47. The molecule has 0 saturated carbocycles. The van der Waals surface area contributed by atoms with Gasteiger partial charge >= 0.3 is 0 Å². The van der Waals surface area contributed by atoms with Gasteiger partial charge in [-0.2, -0.15) is 5.10 Å². The summed E-state index contributed by atoms with van der Waals surface area (Å²) in [6.07, 6.45) is 1.30. The number of benzene rings is 3. The fourth-order valence-electron chi connectivity index (χ4n) is 4.86. The van der Waals surface area contributed by atoms with Crippen molar-refractivity contribution in [3.8, 4) is 11.1 Å². The number of H-pyrrole nitrogens is 1. The molecule has 3 aromatic carbocycles. The summed E-state index contributed by atoms with van der Waals surface area (Å²) in [5.41, 5.74) is 9.63. The number of nitrogen functional groups attached to an aromatic ring is 1. The standard InChI is InChI=1S/C30H24FN7O2/c1-15-20-11-10-18(13-22(20)38-37-15)26(32)25-29(33)34-14-35-30(25)36-16(2)28-24(17-6-5-7-19(31)12-17)27(39)21-8-3-4-9-23(21)40-28/h3-14,16,32H,1-2H3,(H,37,38)(H3,33,34,35,36). The van der Waals surface area contributed by atoms with Crippen molar-refractivity contribution in [1.29, 1.82) is 5.41 Å². The molecule has 0 fully saturated rings. The van der Waals surface area contributed by atoms with E-state index < -0.39 is 11.9 Å². The van der Waals surface area contributed by atoms with E-state index in [1.165, 1.54) is 18.5 Å². The molecule has 3 aromatic heterocycles. The number of fused-ring (bicyclic) bond motifs is 2. The number of nitrogens with one attached hydrogen (secondary N) is 3. The number of aromatic nitrogens is 4. The van der Waals surface area contributed by atoms with Crippen LogP contribution in [0.15, 0.2) is 82.3 Å². The van der Waals surface area contributed by atoms with Gasteiger partial charge in [-0.3, -0.25) is 15.3 Å². The third kappa shape index (κ3) is 4.25. The second-order valence-electron chi connectivity index (χ2n) is 9.47. The monoisotopic (exact) mass is 533 g/mol. The Labute approximate surface area is 227 Å². The molecule has 5 N–H and O–H groups in total. The lowest BCUT2D eigenvalue weighted by molar-refractivity contribution is 0.515. The Hall–Kier alpha value is -5.38. The van der Waals surface area contributed by atoms with E-state index in [0.29, 0.717) is 33.4 Å². The summed E-state index contributed by atoms with van der Waals surface area (Å²) in [5.74, 6) is 0.214. The molecule has 10 heteroatoms. The zero-order valence-electron chi connectivity index (χ0n) is 21.6. The van der Waals surface area contributed by atoms with Crippen molar-refractivity contribution in [3.63, 3.8) is 0 Å². The van der Waals surface area contributed by atoms with Gasteiger partial charge in [0.1, 0.15) is 35.1 Å². The first kappa shape index (κ1) is 24.9. The number of anilines is 2. The van der Waals surface area contributed by atoms with Gasteiger partial charge in [0.25, 0.3) is 0 Å². The van der Waals surface area contributed by atoms with E-state index in [4.69, 9.17) is 15.6 Å². The molecule has 0 aliphatic rings. The number of nitrogens with two attached hydrogens (primary N) is 1. The number of aryl methyl sites for hydroxylation is 1. The van der Waals surface area contributed by atoms with Gasteiger partial charge in [0, 0.05) is 10.9 Å². The van der Waals surface area contributed by atoms with Gasteiger partial charge in [0.05, 0.1) is 39.5 Å². The lowest BCUT2D eigenvalue weighted by atomic mass is 9.98. The van der Waals surface area contributed by atoms with Crippen molar-refractivity contribution in [2.24, 2.45) is 0 Å². The molecule has 0 bridgehead atoms. The highest BCUT2D eigenvalue weighted by Gasteiger charge is 2.24. The minimum atomic E-state index is -0.630. The van der Waals surface area contributed by atoms with Crippen LogP contribution in [0.25, 0.3) is 33.0 Å². The van der Waals surface area contributed by atoms with Crippen molar-refractivity contribution < 1.29 is 8.81 Å². The van der Waals surface area contributed by atoms with Crippen LogP contribution in [0, 0.1) is 18.2 Å². The Kier molecular flexibility index (Phi) is 6.07. The van der Waals surface area contributed by atoms with Gasteiger partial charge in [0.2, 0.25) is 5.43 Å². The molecule has 6 rings (SSSR count). The average molecular weight is 534 g/mol. The van der Waals surface area contributed by atoms with E-state index in [1.54, 1.807) is 43.3 Å². The van der Waals surface area contributed by atoms with Gasteiger partial charge < -0.3 is 15.5 Å². The first-order valence-electron chi connectivity index (χ1n) is 12.5. The van der Waals surface area contributed by atoms with E-state index in [-0.39, 0.29) is 28.3 Å². The van der Waals surface area contributed by atoms with E-state index >= 15 is 0 Å². The maximum absolute atomic E-state index is 14.2. The number of halogens is 1. The Balaban J connectivity index is 1.45. The summed E-state index contributed by atoms with van der Waals surface area (Å²) in [5, 5.41) is 20.8. The van der Waals surface area contributed by atoms with Gasteiger partial charge in [-0.25, -0.2) is 14.4 Å². The summed E-state index contributed by atoms with van der Waals surface area (Å²) in [6, 6.07) is 17.6. The van der Waals surface area contributed by atoms with Crippen molar-refractivity contribution in [1.82, 2.24) is 20.2 Å². The van der Waals surface area contributed by atoms with Crippen LogP contribution in [0.3, 0.4) is 0 Å². The van der Waals surface area contributed by atoms with Crippen molar-refractivity contribution in [2.45, 2.75) is 19.9 Å². The molecule has 40 heavy (non-hydrogen) atoms. The highest BCUT2D eigenvalue weighted by molar-refractivity contribution is 6.17. The zero-order chi connectivity index (χ0) is 28.0. The van der Waals surface area contributed by atoms with E-state index in [2.05, 4.69) is 25.5 Å². The third-order valence-electron chi connectivity index (χ3n) is 6.85. The number of aromatic amines is 1. The summed E-state index contributed by atoms with van der Waals surface area (Å²) in [6.45, 7) is 3.69. The topological polar surface area (TPSA) is 147 Å². The van der Waals surface area contributed by atoms with Crippen LogP contribution in [0.1, 0.15) is 35.5 Å². The molecule has 1 unspecified atom stereocenters. The minimum Gasteiger partial charge on any atom is -0.458 e. The maximum atomic E-state index is 14.2. The zero-order valence-corrected chi connectivity index (χ0v) is 21.6. The third-order valence-corrected chi connectivity index (χ3v) is 6.85. The number of rotatable bonds is 6. The summed E-state index contributed by atoms with van der Waals surface area (Å²) >= 11 is 0. The lowest BCUT2D eigenvalue weighted by Gasteiger charge is -2.20. The SMILES string of the molecule is Cc1n[nH]c2cc(C(=N)c3c(N)ncnc3NC(C)c3oc4ccccc4c(=O)c3-c3cccc(F)c3)ccc12. The first-order valence-corrected chi connectivity index (χ1v) is 12.5. The Morgan fingerprint density at radius 1 is 1.07 bits per heavy atom. The van der Waals surface area contributed by atoms with Crippen LogP contribution in [0.5, 0.6) is 0 Å². The van der Waals surface area contributed by atoms with Gasteiger partial charge in [-0.05, 0) is 49.7 Å². The highest BCUT2D eigenvalue weighted by Crippen LogP contribution is 2.33. The van der Waals surface area contributed by atoms with Crippen LogP contribution < -0.4 is 16.5 Å². The molecule has 0 aliphatic heterocycles. The molecule has 3 heterocycles. The van der Waals surface area contributed by atoms with Crippen LogP contribution in [0.2, 0.25) is 0 Å². The predicted molar refractivity (Wildman–Crippen MR) is 153 cm³/mol. The fourth-order valence-corrected chi connectivity index (χ4v) is 4.86. The number of nitrogens with zero attached hydrogens (tertiary/aromatic N) is 3. The van der Waals surface area contributed by atoms with Crippen LogP contribution >= 0.6 is 0 Å². The Bertz CT molecular complexity index is 2000. The summed E-state index contributed by atoms with van der Waals surface area (Å²) in [4.78, 5) is 22.1. The van der Waals surface area contributed by atoms with Gasteiger partial charge in [-0.15, -0.1) is 0 Å². The fraction of sp³-hybridized carbons (Fsp3) is 0.100.